The molecule has 2 N–H and O–H groups in total. The molecule has 0 spiro atoms. The zero-order chi connectivity index (χ0) is 10.1. The predicted octanol–water partition coefficient (Wildman–Crippen LogP) is 0.766. The van der Waals surface area contributed by atoms with Crippen LogP contribution in [-0.4, -0.2) is 23.0 Å². The summed E-state index contributed by atoms with van der Waals surface area (Å²) in [6.45, 7) is 0. The number of amides is 1. The highest BCUT2D eigenvalue weighted by atomic mass is 16.4. The van der Waals surface area contributed by atoms with Gasteiger partial charge in [0.15, 0.2) is 0 Å². The molecule has 1 heterocycles. The molecule has 1 amide bonds. The van der Waals surface area contributed by atoms with Crippen LogP contribution in [0.15, 0.2) is 0 Å². The van der Waals surface area contributed by atoms with Gasteiger partial charge in [-0.25, -0.2) is 0 Å². The first kappa shape index (κ1) is 9.49. The summed E-state index contributed by atoms with van der Waals surface area (Å²) in [7, 11) is 0. The van der Waals surface area contributed by atoms with Crippen LogP contribution in [0.1, 0.15) is 32.1 Å². The Morgan fingerprint density at radius 3 is 3.00 bits per heavy atom. The van der Waals surface area contributed by atoms with E-state index in [1.165, 1.54) is 0 Å². The van der Waals surface area contributed by atoms with Gasteiger partial charge in [-0.2, -0.15) is 0 Å². The highest BCUT2D eigenvalue weighted by Crippen LogP contribution is 2.36. The van der Waals surface area contributed by atoms with E-state index in [0.717, 1.165) is 19.3 Å². The number of hydrogen-bond donors (Lipinski definition) is 2. The zero-order valence-electron chi connectivity index (χ0n) is 8.03. The van der Waals surface area contributed by atoms with Gasteiger partial charge in [0.2, 0.25) is 5.91 Å². The lowest BCUT2D eigenvalue weighted by molar-refractivity contribution is -0.138. The van der Waals surface area contributed by atoms with E-state index >= 15 is 0 Å². The molecule has 0 aromatic carbocycles. The van der Waals surface area contributed by atoms with E-state index in [4.69, 9.17) is 5.11 Å². The summed E-state index contributed by atoms with van der Waals surface area (Å²) in [5.41, 5.74) is 0. The van der Waals surface area contributed by atoms with Crippen molar-refractivity contribution >= 4 is 11.9 Å². The summed E-state index contributed by atoms with van der Waals surface area (Å²) in [6.07, 6.45) is 3.86. The van der Waals surface area contributed by atoms with Gasteiger partial charge in [-0.05, 0) is 24.7 Å². The van der Waals surface area contributed by atoms with Gasteiger partial charge < -0.3 is 10.4 Å². The quantitative estimate of drug-likeness (QED) is 0.687. The van der Waals surface area contributed by atoms with Crippen LogP contribution in [0.5, 0.6) is 0 Å². The maximum atomic E-state index is 11.2. The molecule has 4 nitrogen and oxygen atoms in total. The highest BCUT2D eigenvalue weighted by molar-refractivity contribution is 5.79. The molecule has 1 aliphatic heterocycles. The summed E-state index contributed by atoms with van der Waals surface area (Å²) in [6, 6.07) is 0.132. The van der Waals surface area contributed by atoms with E-state index < -0.39 is 5.97 Å². The average molecular weight is 197 g/mol. The van der Waals surface area contributed by atoms with Crippen molar-refractivity contribution in [1.29, 1.82) is 0 Å². The molecular weight excluding hydrogens is 182 g/mol. The van der Waals surface area contributed by atoms with Crippen molar-refractivity contribution in [3.8, 4) is 0 Å². The van der Waals surface area contributed by atoms with Crippen molar-refractivity contribution in [1.82, 2.24) is 5.32 Å². The van der Waals surface area contributed by atoms with Crippen LogP contribution in [0.2, 0.25) is 0 Å². The van der Waals surface area contributed by atoms with Crippen molar-refractivity contribution in [3.05, 3.63) is 0 Å². The molecule has 0 unspecified atom stereocenters. The first-order valence-electron chi connectivity index (χ1n) is 5.18. The number of nitrogens with one attached hydrogen (secondary N) is 1. The summed E-state index contributed by atoms with van der Waals surface area (Å²) in [4.78, 5) is 21.8. The number of rotatable bonds is 2. The standard InChI is InChI=1S/C10H15NO3/c12-8-4-6-2-1-3-7(5-9(13)14)10(6)11-8/h6-7,10H,1-5H2,(H,11,12)(H,13,14)/t6-,7-,10-/m0/s1. The molecule has 0 bridgehead atoms. The van der Waals surface area contributed by atoms with Crippen LogP contribution < -0.4 is 5.32 Å². The van der Waals surface area contributed by atoms with Crippen LogP contribution in [-0.2, 0) is 9.59 Å². The third-order valence-corrected chi connectivity index (χ3v) is 3.38. The smallest absolute Gasteiger partial charge is 0.303 e. The summed E-state index contributed by atoms with van der Waals surface area (Å²) in [5, 5.41) is 11.6. The molecule has 2 rings (SSSR count). The normalized spacial score (nSPS) is 36.3. The second-order valence-electron chi connectivity index (χ2n) is 4.35. The first-order valence-corrected chi connectivity index (χ1v) is 5.18. The van der Waals surface area contributed by atoms with Gasteiger partial charge in [-0.3, -0.25) is 9.59 Å². The van der Waals surface area contributed by atoms with Gasteiger partial charge in [0.05, 0.1) is 6.42 Å². The van der Waals surface area contributed by atoms with Gasteiger partial charge in [0, 0.05) is 12.5 Å². The van der Waals surface area contributed by atoms with Crippen molar-refractivity contribution in [2.75, 3.05) is 0 Å². The Morgan fingerprint density at radius 2 is 2.29 bits per heavy atom. The fourth-order valence-electron chi connectivity index (χ4n) is 2.79. The fraction of sp³-hybridized carbons (Fsp3) is 0.800. The number of hydrogen-bond acceptors (Lipinski definition) is 2. The lowest BCUT2D eigenvalue weighted by Crippen LogP contribution is -2.40. The number of carboxylic acids is 1. The molecule has 1 saturated heterocycles. The lowest BCUT2D eigenvalue weighted by Gasteiger charge is -2.32. The van der Waals surface area contributed by atoms with E-state index in [9.17, 15) is 9.59 Å². The largest absolute Gasteiger partial charge is 0.481 e. The third kappa shape index (κ3) is 1.74. The number of carboxylic acid groups (broad SMARTS) is 1. The maximum absolute atomic E-state index is 11.2. The molecule has 1 saturated carbocycles. The van der Waals surface area contributed by atoms with Gasteiger partial charge in [-0.1, -0.05) is 6.42 Å². The van der Waals surface area contributed by atoms with E-state index in [0.29, 0.717) is 12.3 Å². The second-order valence-corrected chi connectivity index (χ2v) is 4.35. The van der Waals surface area contributed by atoms with Crippen molar-refractivity contribution in [2.45, 2.75) is 38.1 Å². The maximum Gasteiger partial charge on any atom is 0.303 e. The van der Waals surface area contributed by atoms with Gasteiger partial charge in [0.25, 0.3) is 0 Å². The Kier molecular flexibility index (Phi) is 2.44. The number of carbonyl (C=O) groups is 2. The Balaban J connectivity index is 2.03. The van der Waals surface area contributed by atoms with Gasteiger partial charge in [-0.15, -0.1) is 0 Å². The van der Waals surface area contributed by atoms with Crippen LogP contribution >= 0.6 is 0 Å². The van der Waals surface area contributed by atoms with Gasteiger partial charge in [0.1, 0.15) is 0 Å². The minimum Gasteiger partial charge on any atom is -0.481 e. The highest BCUT2D eigenvalue weighted by Gasteiger charge is 2.40. The number of aliphatic carboxylic acids is 1. The van der Waals surface area contributed by atoms with E-state index in [-0.39, 0.29) is 24.3 Å². The molecule has 78 valence electrons. The summed E-state index contributed by atoms with van der Waals surface area (Å²) >= 11 is 0. The van der Waals surface area contributed by atoms with E-state index in [2.05, 4.69) is 5.32 Å². The topological polar surface area (TPSA) is 66.4 Å². The molecular formula is C10H15NO3. The second kappa shape index (κ2) is 3.59. The van der Waals surface area contributed by atoms with Gasteiger partial charge >= 0.3 is 5.97 Å². The SMILES string of the molecule is O=C(O)C[C@@H]1CCC[C@H]2CC(=O)N[C@H]12. The molecule has 3 atom stereocenters. The van der Waals surface area contributed by atoms with E-state index in [1.54, 1.807) is 0 Å². The first-order chi connectivity index (χ1) is 6.66. The lowest BCUT2D eigenvalue weighted by atomic mass is 9.76. The van der Waals surface area contributed by atoms with Crippen LogP contribution in [0.25, 0.3) is 0 Å². The zero-order valence-corrected chi connectivity index (χ0v) is 8.03. The molecule has 14 heavy (non-hydrogen) atoms. The van der Waals surface area contributed by atoms with Crippen LogP contribution in [0.4, 0.5) is 0 Å². The Labute approximate surface area is 82.7 Å². The molecule has 0 aromatic rings. The third-order valence-electron chi connectivity index (χ3n) is 3.38. The fourth-order valence-corrected chi connectivity index (χ4v) is 2.79. The van der Waals surface area contributed by atoms with Crippen molar-refractivity contribution in [3.63, 3.8) is 0 Å². The molecule has 1 aliphatic carbocycles. The van der Waals surface area contributed by atoms with Crippen molar-refractivity contribution in [2.24, 2.45) is 11.8 Å². The molecule has 2 aliphatic rings. The Hall–Kier alpha value is -1.06. The molecule has 2 fully saturated rings. The summed E-state index contributed by atoms with van der Waals surface area (Å²) in [5.74, 6) is -0.118. The number of carbonyl (C=O) groups excluding carboxylic acids is 1. The Morgan fingerprint density at radius 1 is 1.50 bits per heavy atom. The average Bonchev–Trinajstić information content (AvgIpc) is 2.45. The minimum atomic E-state index is -0.753. The Bertz CT molecular complexity index is 264. The van der Waals surface area contributed by atoms with Crippen LogP contribution in [0, 0.1) is 11.8 Å². The molecule has 0 aromatic heterocycles. The van der Waals surface area contributed by atoms with Crippen molar-refractivity contribution < 1.29 is 14.7 Å². The summed E-state index contributed by atoms with van der Waals surface area (Å²) < 4.78 is 0. The minimum absolute atomic E-state index is 0.0947. The number of fused-ring (bicyclic) bond motifs is 1. The van der Waals surface area contributed by atoms with Crippen LogP contribution in [0.3, 0.4) is 0 Å². The predicted molar refractivity (Wildman–Crippen MR) is 49.6 cm³/mol. The van der Waals surface area contributed by atoms with E-state index in [1.807, 2.05) is 0 Å². The molecule has 4 heteroatoms. The monoisotopic (exact) mass is 197 g/mol. The molecule has 0 radical (unpaired) electrons.